The molecule has 2 aromatic carbocycles. The van der Waals surface area contributed by atoms with Gasteiger partial charge in [-0.3, -0.25) is 14.4 Å². The molecule has 3 rings (SSSR count). The van der Waals surface area contributed by atoms with Crippen molar-refractivity contribution in [1.29, 1.82) is 0 Å². The molecule has 0 unspecified atom stereocenters. The first-order valence-corrected chi connectivity index (χ1v) is 8.60. The first kappa shape index (κ1) is 22.3. The van der Waals surface area contributed by atoms with Gasteiger partial charge in [-0.15, -0.1) is 0 Å². The lowest BCUT2D eigenvalue weighted by atomic mass is 9.96. The lowest BCUT2D eigenvalue weighted by Crippen LogP contribution is -2.42. The van der Waals surface area contributed by atoms with Crippen molar-refractivity contribution in [2.24, 2.45) is 0 Å². The zero-order valence-corrected chi connectivity index (χ0v) is 15.5. The van der Waals surface area contributed by atoms with Crippen molar-refractivity contribution in [3.05, 3.63) is 70.9 Å². The molecule has 0 aliphatic heterocycles. The number of aliphatic carboxylic acids is 3. The van der Waals surface area contributed by atoms with Gasteiger partial charge in [0.25, 0.3) is 0 Å². The summed E-state index contributed by atoms with van der Waals surface area (Å²) in [5.74, 6) is -4.41. The third kappa shape index (κ3) is 5.76. The average molecular weight is 414 g/mol. The van der Waals surface area contributed by atoms with Crippen LogP contribution < -0.4 is 5.43 Å². The van der Waals surface area contributed by atoms with Gasteiger partial charge in [-0.05, 0) is 12.1 Å². The highest BCUT2D eigenvalue weighted by molar-refractivity contribution is 5.88. The molecule has 0 bridgehead atoms. The van der Waals surface area contributed by atoms with Gasteiger partial charge in [0.2, 0.25) is 0 Å². The van der Waals surface area contributed by atoms with E-state index in [0.29, 0.717) is 16.7 Å². The Balaban J connectivity index is 0.000000224. The van der Waals surface area contributed by atoms with Gasteiger partial charge in [0, 0.05) is 11.6 Å². The van der Waals surface area contributed by atoms with Crippen LogP contribution in [0.3, 0.4) is 0 Å². The summed E-state index contributed by atoms with van der Waals surface area (Å²) in [6.45, 7) is 0. The summed E-state index contributed by atoms with van der Waals surface area (Å²) in [4.78, 5) is 42.4. The second-order valence-corrected chi connectivity index (χ2v) is 6.31. The van der Waals surface area contributed by atoms with Crippen molar-refractivity contribution >= 4 is 28.9 Å². The number of benzene rings is 2. The monoisotopic (exact) mass is 414 g/mol. The van der Waals surface area contributed by atoms with Crippen LogP contribution in [0, 0.1) is 0 Å². The number of rotatable bonds is 6. The molecule has 0 spiro atoms. The lowest BCUT2D eigenvalue weighted by Gasteiger charge is -2.18. The van der Waals surface area contributed by atoms with Crippen molar-refractivity contribution < 1.29 is 39.2 Å². The normalized spacial score (nSPS) is 10.7. The minimum Gasteiger partial charge on any atom is -0.481 e. The quantitative estimate of drug-likeness (QED) is 0.473. The molecule has 9 nitrogen and oxygen atoms in total. The molecule has 0 saturated carbocycles. The molecule has 9 heteroatoms. The number of hydrogen-bond acceptors (Lipinski definition) is 6. The van der Waals surface area contributed by atoms with E-state index >= 15 is 0 Å². The zero-order valence-electron chi connectivity index (χ0n) is 15.5. The minimum absolute atomic E-state index is 0.00861. The van der Waals surface area contributed by atoms with Gasteiger partial charge in [0.1, 0.15) is 11.3 Å². The highest BCUT2D eigenvalue weighted by Crippen LogP contribution is 2.21. The number of para-hydroxylation sites is 1. The Kier molecular flexibility index (Phi) is 7.05. The summed E-state index contributed by atoms with van der Waals surface area (Å²) in [5, 5.41) is 34.4. The van der Waals surface area contributed by atoms with Crippen LogP contribution in [0.5, 0.6) is 0 Å². The maximum absolute atomic E-state index is 11.9. The lowest BCUT2D eigenvalue weighted by molar-refractivity contribution is -0.170. The van der Waals surface area contributed by atoms with Crippen LogP contribution in [0.2, 0.25) is 0 Å². The van der Waals surface area contributed by atoms with Crippen molar-refractivity contribution in [1.82, 2.24) is 0 Å². The summed E-state index contributed by atoms with van der Waals surface area (Å²) < 4.78 is 5.73. The number of carbonyl (C=O) groups is 3. The molecule has 156 valence electrons. The number of carboxylic acid groups (broad SMARTS) is 3. The first-order valence-electron chi connectivity index (χ1n) is 8.60. The fourth-order valence-electron chi connectivity index (χ4n) is 2.56. The van der Waals surface area contributed by atoms with Crippen LogP contribution >= 0.6 is 0 Å². The van der Waals surface area contributed by atoms with E-state index in [9.17, 15) is 19.2 Å². The number of aliphatic hydroxyl groups is 1. The Hall–Kier alpha value is -3.98. The summed E-state index contributed by atoms with van der Waals surface area (Å²) >= 11 is 0. The fourth-order valence-corrected chi connectivity index (χ4v) is 2.56. The van der Waals surface area contributed by atoms with Crippen LogP contribution in [0.1, 0.15) is 12.8 Å². The third-order valence-corrected chi connectivity index (χ3v) is 3.98. The van der Waals surface area contributed by atoms with Crippen molar-refractivity contribution in [2.45, 2.75) is 18.4 Å². The first-order chi connectivity index (χ1) is 14.1. The van der Waals surface area contributed by atoms with Gasteiger partial charge < -0.3 is 24.8 Å². The molecule has 0 amide bonds. The molecule has 0 radical (unpaired) electrons. The van der Waals surface area contributed by atoms with Crippen molar-refractivity contribution in [2.75, 3.05) is 0 Å². The van der Waals surface area contributed by atoms with Crippen LogP contribution in [0.4, 0.5) is 0 Å². The van der Waals surface area contributed by atoms with Gasteiger partial charge in [-0.2, -0.15) is 0 Å². The maximum atomic E-state index is 11.9. The van der Waals surface area contributed by atoms with E-state index in [1.165, 1.54) is 6.07 Å². The van der Waals surface area contributed by atoms with E-state index in [1.54, 1.807) is 6.07 Å². The van der Waals surface area contributed by atoms with E-state index in [2.05, 4.69) is 0 Å². The van der Waals surface area contributed by atoms with Crippen molar-refractivity contribution in [3.8, 4) is 11.3 Å². The predicted molar refractivity (Wildman–Crippen MR) is 105 cm³/mol. The second kappa shape index (κ2) is 9.48. The Bertz CT molecular complexity index is 1100. The van der Waals surface area contributed by atoms with Crippen LogP contribution in [-0.4, -0.2) is 43.9 Å². The van der Waals surface area contributed by atoms with Gasteiger partial charge >= 0.3 is 17.9 Å². The van der Waals surface area contributed by atoms with Gasteiger partial charge in [-0.1, -0.05) is 42.5 Å². The molecular weight excluding hydrogens is 396 g/mol. The standard InChI is InChI=1S/C15H10O2.C6H8O7/c16-13-10-15(11-6-2-1-3-7-11)17-14-9-5-4-8-12(13)14;7-3(8)1-6(13,5(11)12)2-4(9)10/h1-10H;13H,1-2H2,(H,7,8)(H,9,10)(H,11,12). The number of carboxylic acids is 3. The third-order valence-electron chi connectivity index (χ3n) is 3.98. The second-order valence-electron chi connectivity index (χ2n) is 6.31. The molecule has 0 atom stereocenters. The number of fused-ring (bicyclic) bond motifs is 1. The molecule has 0 aliphatic carbocycles. The van der Waals surface area contributed by atoms with Gasteiger partial charge in [-0.25, -0.2) is 4.79 Å². The molecule has 1 heterocycles. The summed E-state index contributed by atoms with van der Waals surface area (Å²) in [6, 6.07) is 18.4. The molecular formula is C21H18O9. The Morgan fingerprint density at radius 1 is 0.833 bits per heavy atom. The molecule has 0 fully saturated rings. The van der Waals surface area contributed by atoms with E-state index in [1.807, 2.05) is 48.5 Å². The summed E-state index contributed by atoms with van der Waals surface area (Å²) in [7, 11) is 0. The maximum Gasteiger partial charge on any atom is 0.336 e. The summed E-state index contributed by atoms with van der Waals surface area (Å²) in [6.07, 6.45) is -2.29. The van der Waals surface area contributed by atoms with E-state index in [0.717, 1.165) is 5.56 Å². The zero-order chi connectivity index (χ0) is 22.3. The number of hydrogen-bond donors (Lipinski definition) is 4. The molecule has 0 aliphatic rings. The predicted octanol–water partition coefficient (Wildman–Crippen LogP) is 2.21. The van der Waals surface area contributed by atoms with Gasteiger partial charge in [0.05, 0.1) is 18.2 Å². The fraction of sp³-hybridized carbons (Fsp3) is 0.143. The van der Waals surface area contributed by atoms with Crippen LogP contribution in [-0.2, 0) is 14.4 Å². The Labute approximate surface area is 169 Å². The molecule has 1 aromatic heterocycles. The highest BCUT2D eigenvalue weighted by atomic mass is 16.4. The van der Waals surface area contributed by atoms with E-state index in [-0.39, 0.29) is 5.43 Å². The van der Waals surface area contributed by atoms with Crippen molar-refractivity contribution in [3.63, 3.8) is 0 Å². The van der Waals surface area contributed by atoms with E-state index in [4.69, 9.17) is 24.8 Å². The Morgan fingerprint density at radius 3 is 1.90 bits per heavy atom. The summed E-state index contributed by atoms with van der Waals surface area (Å²) in [5.41, 5.74) is -1.21. The molecule has 30 heavy (non-hydrogen) atoms. The van der Waals surface area contributed by atoms with E-state index < -0.39 is 36.4 Å². The smallest absolute Gasteiger partial charge is 0.336 e. The van der Waals surface area contributed by atoms with Gasteiger partial charge in [0.15, 0.2) is 11.0 Å². The van der Waals surface area contributed by atoms with Crippen LogP contribution in [0.25, 0.3) is 22.3 Å². The minimum atomic E-state index is -2.74. The largest absolute Gasteiger partial charge is 0.481 e. The Morgan fingerprint density at radius 2 is 1.37 bits per heavy atom. The molecule has 3 aromatic rings. The molecule has 0 saturated heterocycles. The molecule has 4 N–H and O–H groups in total. The van der Waals surface area contributed by atoms with Crippen LogP contribution in [0.15, 0.2) is 69.9 Å². The topological polar surface area (TPSA) is 162 Å². The highest BCUT2D eigenvalue weighted by Gasteiger charge is 2.40. The SMILES string of the molecule is O=C(O)CC(O)(CC(=O)O)C(=O)O.O=c1cc(-c2ccccc2)oc2ccccc12. The average Bonchev–Trinajstić information content (AvgIpc) is 2.68.